The summed E-state index contributed by atoms with van der Waals surface area (Å²) >= 11 is 0. The van der Waals surface area contributed by atoms with E-state index in [9.17, 15) is 4.79 Å². The van der Waals surface area contributed by atoms with E-state index < -0.39 is 6.10 Å². The Hall–Kier alpha value is -0.610. The van der Waals surface area contributed by atoms with E-state index in [1.54, 1.807) is 6.92 Å². The van der Waals surface area contributed by atoms with Crippen LogP contribution < -0.4 is 11.1 Å². The lowest BCUT2D eigenvalue weighted by Gasteiger charge is -2.35. The summed E-state index contributed by atoms with van der Waals surface area (Å²) in [5.41, 5.74) is 5.83. The van der Waals surface area contributed by atoms with Crippen molar-refractivity contribution in [3.8, 4) is 0 Å². The predicted octanol–water partition coefficient (Wildman–Crippen LogP) is 0.783. The van der Waals surface area contributed by atoms with E-state index in [2.05, 4.69) is 5.32 Å². The van der Waals surface area contributed by atoms with Gasteiger partial charge in [0.05, 0.1) is 6.10 Å². The highest BCUT2D eigenvalue weighted by Gasteiger charge is 2.32. The molecule has 4 nitrogen and oxygen atoms in total. The van der Waals surface area contributed by atoms with Crippen molar-refractivity contribution < 1.29 is 9.90 Å². The summed E-state index contributed by atoms with van der Waals surface area (Å²) in [4.78, 5) is 11.7. The molecule has 16 heavy (non-hydrogen) atoms. The summed E-state index contributed by atoms with van der Waals surface area (Å²) in [6, 6.07) is 0. The average Bonchev–Trinajstić information content (AvgIpc) is 2.28. The zero-order chi connectivity index (χ0) is 12.0. The molecular weight excluding hydrogens is 204 g/mol. The third-order valence-corrected chi connectivity index (χ3v) is 3.48. The molecule has 0 aliphatic heterocycles. The number of hydrogen-bond acceptors (Lipinski definition) is 3. The maximum Gasteiger partial charge on any atom is 0.220 e. The van der Waals surface area contributed by atoms with Gasteiger partial charge in [-0.3, -0.25) is 4.79 Å². The Morgan fingerprint density at radius 1 is 1.44 bits per heavy atom. The molecule has 1 fully saturated rings. The van der Waals surface area contributed by atoms with Crippen molar-refractivity contribution in [1.29, 1.82) is 0 Å². The zero-order valence-electron chi connectivity index (χ0n) is 10.2. The van der Waals surface area contributed by atoms with Crippen molar-refractivity contribution in [2.75, 3.05) is 13.1 Å². The number of amides is 1. The number of carbonyl (C=O) groups excluding carboxylic acids is 1. The first-order valence-corrected chi connectivity index (χ1v) is 6.23. The number of hydrogen-bond donors (Lipinski definition) is 3. The quantitative estimate of drug-likeness (QED) is 0.651. The molecule has 1 amide bonds. The van der Waals surface area contributed by atoms with Crippen LogP contribution in [0.5, 0.6) is 0 Å². The summed E-state index contributed by atoms with van der Waals surface area (Å²) < 4.78 is 0. The third kappa shape index (κ3) is 4.10. The fourth-order valence-electron chi connectivity index (χ4n) is 2.42. The van der Waals surface area contributed by atoms with Crippen LogP contribution >= 0.6 is 0 Å². The van der Waals surface area contributed by atoms with Crippen LogP contribution in [0.2, 0.25) is 0 Å². The molecule has 1 aliphatic rings. The summed E-state index contributed by atoms with van der Waals surface area (Å²) in [7, 11) is 0. The molecule has 0 heterocycles. The second kappa shape index (κ2) is 6.21. The summed E-state index contributed by atoms with van der Waals surface area (Å²) in [5, 5.41) is 11.8. The molecule has 94 valence electrons. The van der Waals surface area contributed by atoms with Crippen LogP contribution in [0.15, 0.2) is 0 Å². The standard InChI is InChI=1S/C12H24N2O2/c1-10(15)8-14-11(16)7-12(9-13)5-3-2-4-6-12/h10,15H,2-9,13H2,1H3,(H,14,16)/t10-/m0/s1. The minimum absolute atomic E-state index is 0.0149. The lowest BCUT2D eigenvalue weighted by atomic mass is 9.71. The van der Waals surface area contributed by atoms with Gasteiger partial charge in [-0.2, -0.15) is 0 Å². The van der Waals surface area contributed by atoms with Crippen molar-refractivity contribution in [2.24, 2.45) is 11.1 Å². The summed E-state index contributed by atoms with van der Waals surface area (Å²) in [6.07, 6.45) is 5.77. The van der Waals surface area contributed by atoms with Crippen LogP contribution in [0.25, 0.3) is 0 Å². The summed E-state index contributed by atoms with van der Waals surface area (Å²) in [5.74, 6) is 0.0215. The Morgan fingerprint density at radius 2 is 2.06 bits per heavy atom. The van der Waals surface area contributed by atoms with Crippen LogP contribution in [0.3, 0.4) is 0 Å². The van der Waals surface area contributed by atoms with E-state index in [0.717, 1.165) is 12.8 Å². The van der Waals surface area contributed by atoms with Crippen LogP contribution in [0.1, 0.15) is 45.4 Å². The second-order valence-electron chi connectivity index (χ2n) is 5.09. The molecule has 0 bridgehead atoms. The maximum absolute atomic E-state index is 11.7. The van der Waals surface area contributed by atoms with Crippen molar-refractivity contribution in [3.05, 3.63) is 0 Å². The second-order valence-corrected chi connectivity index (χ2v) is 5.09. The number of nitrogens with one attached hydrogen (secondary N) is 1. The van der Waals surface area contributed by atoms with Gasteiger partial charge >= 0.3 is 0 Å². The highest BCUT2D eigenvalue weighted by atomic mass is 16.3. The fraction of sp³-hybridized carbons (Fsp3) is 0.917. The first-order valence-electron chi connectivity index (χ1n) is 6.23. The number of aliphatic hydroxyl groups is 1. The van der Waals surface area contributed by atoms with Gasteiger partial charge in [0.1, 0.15) is 0 Å². The molecule has 0 spiro atoms. The minimum atomic E-state index is -0.482. The fourth-order valence-corrected chi connectivity index (χ4v) is 2.42. The molecule has 1 saturated carbocycles. The largest absolute Gasteiger partial charge is 0.392 e. The smallest absolute Gasteiger partial charge is 0.220 e. The first kappa shape index (κ1) is 13.5. The Bertz CT molecular complexity index is 223. The van der Waals surface area contributed by atoms with E-state index in [0.29, 0.717) is 19.5 Å². The molecule has 4 N–H and O–H groups in total. The van der Waals surface area contributed by atoms with Gasteiger partial charge in [-0.25, -0.2) is 0 Å². The molecular formula is C12H24N2O2. The number of rotatable bonds is 5. The van der Waals surface area contributed by atoms with Gasteiger partial charge in [0.15, 0.2) is 0 Å². The van der Waals surface area contributed by atoms with E-state index in [-0.39, 0.29) is 11.3 Å². The van der Waals surface area contributed by atoms with Crippen LogP contribution in [-0.4, -0.2) is 30.2 Å². The van der Waals surface area contributed by atoms with Crippen molar-refractivity contribution in [1.82, 2.24) is 5.32 Å². The van der Waals surface area contributed by atoms with Gasteiger partial charge in [0.2, 0.25) is 5.91 Å². The lowest BCUT2D eigenvalue weighted by Crippen LogP contribution is -2.40. The van der Waals surface area contributed by atoms with Crippen LogP contribution in [0.4, 0.5) is 0 Å². The minimum Gasteiger partial charge on any atom is -0.392 e. The van der Waals surface area contributed by atoms with Gasteiger partial charge in [-0.15, -0.1) is 0 Å². The highest BCUT2D eigenvalue weighted by molar-refractivity contribution is 5.76. The molecule has 0 unspecified atom stereocenters. The molecule has 0 aromatic heterocycles. The molecule has 0 saturated heterocycles. The average molecular weight is 228 g/mol. The molecule has 0 aromatic rings. The topological polar surface area (TPSA) is 75.3 Å². The molecule has 4 heteroatoms. The van der Waals surface area contributed by atoms with Gasteiger partial charge < -0.3 is 16.2 Å². The monoisotopic (exact) mass is 228 g/mol. The summed E-state index contributed by atoms with van der Waals surface area (Å²) in [6.45, 7) is 2.59. The van der Waals surface area contributed by atoms with E-state index in [1.807, 2.05) is 0 Å². The number of nitrogens with two attached hydrogens (primary N) is 1. The van der Waals surface area contributed by atoms with Crippen molar-refractivity contribution in [2.45, 2.75) is 51.6 Å². The van der Waals surface area contributed by atoms with Gasteiger partial charge in [-0.05, 0) is 31.7 Å². The van der Waals surface area contributed by atoms with E-state index in [1.165, 1.54) is 19.3 Å². The third-order valence-electron chi connectivity index (χ3n) is 3.48. The normalized spacial score (nSPS) is 21.4. The SMILES string of the molecule is C[C@H](O)CNC(=O)CC1(CN)CCCCC1. The predicted molar refractivity (Wildman–Crippen MR) is 63.9 cm³/mol. The lowest BCUT2D eigenvalue weighted by molar-refractivity contribution is -0.124. The van der Waals surface area contributed by atoms with Crippen LogP contribution in [-0.2, 0) is 4.79 Å². The molecule has 0 aromatic carbocycles. The zero-order valence-corrected chi connectivity index (χ0v) is 10.2. The maximum atomic E-state index is 11.7. The molecule has 0 radical (unpaired) electrons. The number of aliphatic hydroxyl groups excluding tert-OH is 1. The Morgan fingerprint density at radius 3 is 2.56 bits per heavy atom. The Labute approximate surface area is 97.6 Å². The van der Waals surface area contributed by atoms with E-state index >= 15 is 0 Å². The highest BCUT2D eigenvalue weighted by Crippen LogP contribution is 2.38. The van der Waals surface area contributed by atoms with Gasteiger partial charge in [0.25, 0.3) is 0 Å². The Kier molecular flexibility index (Phi) is 5.22. The van der Waals surface area contributed by atoms with Crippen LogP contribution in [0, 0.1) is 5.41 Å². The number of carbonyl (C=O) groups is 1. The molecule has 1 atom stereocenters. The Balaban J connectivity index is 2.39. The molecule has 1 rings (SSSR count). The van der Waals surface area contributed by atoms with Gasteiger partial charge in [-0.1, -0.05) is 19.3 Å². The van der Waals surface area contributed by atoms with Crippen molar-refractivity contribution in [3.63, 3.8) is 0 Å². The molecule has 1 aliphatic carbocycles. The van der Waals surface area contributed by atoms with E-state index in [4.69, 9.17) is 10.8 Å². The van der Waals surface area contributed by atoms with Gasteiger partial charge in [0, 0.05) is 13.0 Å². The van der Waals surface area contributed by atoms with Crippen molar-refractivity contribution >= 4 is 5.91 Å². The first-order chi connectivity index (χ1) is 7.58.